The molecule has 9 nitrogen and oxygen atoms in total. The van der Waals surface area contributed by atoms with Gasteiger partial charge in [0.25, 0.3) is 0 Å². The van der Waals surface area contributed by atoms with Crippen LogP contribution in [-0.2, 0) is 11.3 Å². The third-order valence-electron chi connectivity index (χ3n) is 3.58. The van der Waals surface area contributed by atoms with E-state index in [1.807, 2.05) is 25.1 Å². The zero-order valence-corrected chi connectivity index (χ0v) is 15.3. The summed E-state index contributed by atoms with van der Waals surface area (Å²) in [5, 5.41) is 11.6. The molecule has 27 heavy (non-hydrogen) atoms. The van der Waals surface area contributed by atoms with E-state index in [-0.39, 0.29) is 30.5 Å². The fourth-order valence-electron chi connectivity index (χ4n) is 2.41. The molecule has 9 heteroatoms. The van der Waals surface area contributed by atoms with Crippen LogP contribution in [0, 0.1) is 10.1 Å². The lowest BCUT2D eigenvalue weighted by Crippen LogP contribution is -2.32. The number of aromatic nitrogens is 1. The summed E-state index contributed by atoms with van der Waals surface area (Å²) in [6, 6.07) is 10.4. The maximum absolute atomic E-state index is 12.5. The Bertz CT molecular complexity index is 798. The van der Waals surface area contributed by atoms with Crippen LogP contribution in [0.2, 0.25) is 0 Å². The summed E-state index contributed by atoms with van der Waals surface area (Å²) in [6.07, 6.45) is -0.00373. The fourth-order valence-corrected chi connectivity index (χ4v) is 2.41. The van der Waals surface area contributed by atoms with Crippen LogP contribution >= 0.6 is 0 Å². The number of pyridine rings is 1. The maximum atomic E-state index is 12.5. The average molecular weight is 374 g/mol. The standard InChI is InChI=1S/C18H22N4O5/c1-3-10-27-15-11-14(16(22(24)25)17(19)20-15)21(18(23)26-4-2)12-13-8-6-5-7-9-13/h5-9,11H,3-4,10,12H2,1-2H3,(H2,19,20). The van der Waals surface area contributed by atoms with Gasteiger partial charge in [-0.05, 0) is 18.9 Å². The minimum atomic E-state index is -0.725. The number of amides is 1. The number of hydrogen-bond donors (Lipinski definition) is 1. The van der Waals surface area contributed by atoms with E-state index in [0.29, 0.717) is 6.61 Å². The number of anilines is 2. The first-order chi connectivity index (χ1) is 13.0. The van der Waals surface area contributed by atoms with Crippen molar-refractivity contribution in [3.63, 3.8) is 0 Å². The Hall–Kier alpha value is -3.36. The van der Waals surface area contributed by atoms with Crippen LogP contribution < -0.4 is 15.4 Å². The molecule has 1 heterocycles. The molecule has 0 atom stereocenters. The molecule has 0 aliphatic carbocycles. The van der Waals surface area contributed by atoms with Gasteiger partial charge in [-0.15, -0.1) is 0 Å². The van der Waals surface area contributed by atoms with Crippen molar-refractivity contribution in [1.29, 1.82) is 0 Å². The van der Waals surface area contributed by atoms with Crippen LogP contribution in [0.3, 0.4) is 0 Å². The largest absolute Gasteiger partial charge is 0.478 e. The van der Waals surface area contributed by atoms with E-state index in [9.17, 15) is 14.9 Å². The summed E-state index contributed by atoms with van der Waals surface area (Å²) in [6.45, 7) is 4.12. The number of carbonyl (C=O) groups is 1. The molecule has 144 valence electrons. The molecule has 0 unspecified atom stereocenters. The Labute approximate surface area is 156 Å². The molecule has 0 aliphatic rings. The van der Waals surface area contributed by atoms with Crippen molar-refractivity contribution >= 4 is 23.3 Å². The number of nitrogen functional groups attached to an aromatic ring is 1. The van der Waals surface area contributed by atoms with Crippen molar-refractivity contribution in [3.8, 4) is 5.88 Å². The quantitative estimate of drug-likeness (QED) is 0.554. The smallest absolute Gasteiger partial charge is 0.414 e. The van der Waals surface area contributed by atoms with Gasteiger partial charge in [0.1, 0.15) is 5.69 Å². The molecule has 0 radical (unpaired) electrons. The molecule has 1 amide bonds. The van der Waals surface area contributed by atoms with Crippen LogP contribution in [0.4, 0.5) is 22.0 Å². The molecule has 0 saturated heterocycles. The van der Waals surface area contributed by atoms with Gasteiger partial charge in [-0.3, -0.25) is 15.0 Å². The highest BCUT2D eigenvalue weighted by atomic mass is 16.6. The predicted octanol–water partition coefficient (Wildman–Crippen LogP) is 3.52. The fraction of sp³-hybridized carbons (Fsp3) is 0.333. The van der Waals surface area contributed by atoms with Gasteiger partial charge in [0.15, 0.2) is 0 Å². The van der Waals surface area contributed by atoms with Crippen molar-refractivity contribution in [3.05, 3.63) is 52.1 Å². The van der Waals surface area contributed by atoms with E-state index in [1.165, 1.54) is 6.07 Å². The van der Waals surface area contributed by atoms with Crippen LogP contribution in [0.5, 0.6) is 5.88 Å². The maximum Gasteiger partial charge on any atom is 0.414 e. The van der Waals surface area contributed by atoms with E-state index in [4.69, 9.17) is 15.2 Å². The van der Waals surface area contributed by atoms with Gasteiger partial charge < -0.3 is 15.2 Å². The first kappa shape index (κ1) is 20.0. The van der Waals surface area contributed by atoms with Gasteiger partial charge >= 0.3 is 11.8 Å². The minimum Gasteiger partial charge on any atom is -0.478 e. The van der Waals surface area contributed by atoms with Crippen molar-refractivity contribution in [1.82, 2.24) is 4.98 Å². The Morgan fingerprint density at radius 1 is 1.30 bits per heavy atom. The number of nitro groups is 1. The zero-order chi connectivity index (χ0) is 19.8. The average Bonchev–Trinajstić information content (AvgIpc) is 2.64. The topological polar surface area (TPSA) is 121 Å². The molecule has 0 spiro atoms. The van der Waals surface area contributed by atoms with E-state index in [0.717, 1.165) is 16.9 Å². The number of ether oxygens (including phenoxy) is 2. The second-order valence-electron chi connectivity index (χ2n) is 5.59. The number of rotatable bonds is 8. The first-order valence-electron chi connectivity index (χ1n) is 8.53. The number of nitrogens with two attached hydrogens (primary N) is 1. The van der Waals surface area contributed by atoms with Crippen LogP contribution in [0.1, 0.15) is 25.8 Å². The molecule has 1 aromatic carbocycles. The number of nitrogens with zero attached hydrogens (tertiary/aromatic N) is 3. The number of benzene rings is 1. The van der Waals surface area contributed by atoms with E-state index in [2.05, 4.69) is 4.98 Å². The highest BCUT2D eigenvalue weighted by molar-refractivity contribution is 5.92. The molecule has 0 saturated carbocycles. The summed E-state index contributed by atoms with van der Waals surface area (Å²) >= 11 is 0. The molecule has 2 aromatic rings. The van der Waals surface area contributed by atoms with Crippen molar-refractivity contribution in [2.24, 2.45) is 0 Å². The monoisotopic (exact) mass is 374 g/mol. The second kappa shape index (κ2) is 9.37. The third-order valence-corrected chi connectivity index (χ3v) is 3.58. The summed E-state index contributed by atoms with van der Waals surface area (Å²) < 4.78 is 10.5. The third kappa shape index (κ3) is 5.06. The molecule has 2 N–H and O–H groups in total. The highest BCUT2D eigenvalue weighted by Gasteiger charge is 2.30. The Morgan fingerprint density at radius 2 is 2.00 bits per heavy atom. The van der Waals surface area contributed by atoms with Crippen molar-refractivity contribution in [2.45, 2.75) is 26.8 Å². The van der Waals surface area contributed by atoms with Crippen LogP contribution in [0.25, 0.3) is 0 Å². The molecule has 0 aliphatic heterocycles. The second-order valence-corrected chi connectivity index (χ2v) is 5.59. The van der Waals surface area contributed by atoms with Gasteiger partial charge in [-0.25, -0.2) is 4.79 Å². The van der Waals surface area contributed by atoms with Crippen LogP contribution in [-0.4, -0.2) is 29.2 Å². The lowest BCUT2D eigenvalue weighted by molar-refractivity contribution is -0.383. The highest BCUT2D eigenvalue weighted by Crippen LogP contribution is 2.37. The summed E-state index contributed by atoms with van der Waals surface area (Å²) in [4.78, 5) is 28.5. The Morgan fingerprint density at radius 3 is 2.59 bits per heavy atom. The van der Waals surface area contributed by atoms with Crippen LogP contribution in [0.15, 0.2) is 36.4 Å². The van der Waals surface area contributed by atoms with E-state index >= 15 is 0 Å². The number of hydrogen-bond acceptors (Lipinski definition) is 7. The van der Waals surface area contributed by atoms with Gasteiger partial charge in [-0.2, -0.15) is 4.98 Å². The van der Waals surface area contributed by atoms with Gasteiger partial charge in [-0.1, -0.05) is 37.3 Å². The SMILES string of the molecule is CCCOc1cc(N(Cc2ccccc2)C(=O)OCC)c([N+](=O)[O-])c(N)n1. The molecule has 1 aromatic heterocycles. The number of carbonyl (C=O) groups excluding carboxylic acids is 1. The zero-order valence-electron chi connectivity index (χ0n) is 15.3. The van der Waals surface area contributed by atoms with Gasteiger partial charge in [0.2, 0.25) is 11.7 Å². The van der Waals surface area contributed by atoms with Gasteiger partial charge in [0, 0.05) is 6.07 Å². The molecular formula is C18H22N4O5. The summed E-state index contributed by atoms with van der Waals surface area (Å²) in [5.74, 6) is -0.219. The Kier molecular flexibility index (Phi) is 6.93. The summed E-state index contributed by atoms with van der Waals surface area (Å²) in [7, 11) is 0. The molecule has 0 fully saturated rings. The van der Waals surface area contributed by atoms with Crippen molar-refractivity contribution in [2.75, 3.05) is 23.8 Å². The predicted molar refractivity (Wildman–Crippen MR) is 101 cm³/mol. The minimum absolute atomic E-state index is 0.0269. The molecule has 0 bridgehead atoms. The van der Waals surface area contributed by atoms with Gasteiger partial charge in [0.05, 0.1) is 24.7 Å². The molecular weight excluding hydrogens is 352 g/mol. The van der Waals surface area contributed by atoms with E-state index in [1.54, 1.807) is 19.1 Å². The van der Waals surface area contributed by atoms with E-state index < -0.39 is 16.7 Å². The lowest BCUT2D eigenvalue weighted by Gasteiger charge is -2.22. The summed E-state index contributed by atoms with van der Waals surface area (Å²) in [5.41, 5.74) is 6.06. The molecule has 2 rings (SSSR count). The van der Waals surface area contributed by atoms with Crippen molar-refractivity contribution < 1.29 is 19.2 Å². The first-order valence-corrected chi connectivity index (χ1v) is 8.53. The lowest BCUT2D eigenvalue weighted by atomic mass is 10.2. The Balaban J connectivity index is 2.55. The normalized spacial score (nSPS) is 10.3.